The molecule has 0 spiro atoms. The summed E-state index contributed by atoms with van der Waals surface area (Å²) in [7, 11) is 0. The van der Waals surface area contributed by atoms with Gasteiger partial charge in [-0.15, -0.1) is 0 Å². The molecule has 0 radical (unpaired) electrons. The molecule has 5 nitrogen and oxygen atoms in total. The number of para-hydroxylation sites is 1. The molecule has 0 N–H and O–H groups in total. The number of fused-ring (bicyclic) bond motifs is 2. The van der Waals surface area contributed by atoms with E-state index in [-0.39, 0.29) is 5.56 Å². The smallest absolute Gasteiger partial charge is 0.262 e. The van der Waals surface area contributed by atoms with Gasteiger partial charge in [-0.2, -0.15) is 0 Å². The molecule has 0 unspecified atom stereocenters. The van der Waals surface area contributed by atoms with E-state index in [4.69, 9.17) is 16.6 Å². The van der Waals surface area contributed by atoms with Crippen molar-refractivity contribution in [3.63, 3.8) is 0 Å². The van der Waals surface area contributed by atoms with E-state index in [0.29, 0.717) is 28.6 Å². The van der Waals surface area contributed by atoms with Gasteiger partial charge in [0, 0.05) is 24.7 Å². The number of nitrogens with zero attached hydrogens (tertiary/aromatic N) is 4. The maximum atomic E-state index is 12.9. The fraction of sp³-hybridized carbons (Fsp3) is 0.250. The molecule has 0 aliphatic carbocycles. The Balaban J connectivity index is 1.70. The minimum absolute atomic E-state index is 0.0126. The lowest BCUT2D eigenvalue weighted by atomic mass is 10.2. The molecule has 27 heavy (non-hydrogen) atoms. The summed E-state index contributed by atoms with van der Waals surface area (Å²) in [6.07, 6.45) is 3.79. The first kappa shape index (κ1) is 18.1. The molecule has 3 heterocycles. The zero-order chi connectivity index (χ0) is 19.0. The van der Waals surface area contributed by atoms with Crippen LogP contribution in [0.5, 0.6) is 0 Å². The summed E-state index contributed by atoms with van der Waals surface area (Å²) in [6.45, 7) is 4.84. The predicted octanol–water partition coefficient (Wildman–Crippen LogP) is 4.65. The zero-order valence-corrected chi connectivity index (χ0v) is 16.7. The standard InChI is InChI=1S/C20H19ClN4OS/c1-13(2)9-25-19(26)16-5-3-4-6-17(16)23-20(25)27-12-15-11-24-10-14(21)7-8-18(24)22-15/h3-8,10-11,13H,9,12H2,1-2H3. The van der Waals surface area contributed by atoms with E-state index in [0.717, 1.165) is 22.0 Å². The van der Waals surface area contributed by atoms with Gasteiger partial charge >= 0.3 is 0 Å². The number of halogens is 1. The number of imidazole rings is 1. The molecule has 0 fully saturated rings. The first-order chi connectivity index (χ1) is 13.0. The van der Waals surface area contributed by atoms with Crippen LogP contribution in [0.4, 0.5) is 0 Å². The lowest BCUT2D eigenvalue weighted by molar-refractivity contribution is 0.475. The molecule has 4 rings (SSSR count). The van der Waals surface area contributed by atoms with E-state index in [9.17, 15) is 4.79 Å². The number of aromatic nitrogens is 4. The molecule has 3 aromatic heterocycles. The Hall–Kier alpha value is -2.31. The van der Waals surface area contributed by atoms with Crippen molar-refractivity contribution in [2.45, 2.75) is 31.3 Å². The maximum absolute atomic E-state index is 12.9. The number of hydrogen-bond donors (Lipinski definition) is 0. The number of pyridine rings is 1. The Morgan fingerprint density at radius 3 is 2.74 bits per heavy atom. The second kappa shape index (κ2) is 7.37. The SMILES string of the molecule is CC(C)Cn1c(SCc2cn3cc(Cl)ccc3n2)nc2ccccc2c1=O. The van der Waals surface area contributed by atoms with Crippen LogP contribution in [0.2, 0.25) is 5.02 Å². The molecule has 0 saturated carbocycles. The number of benzene rings is 1. The summed E-state index contributed by atoms with van der Waals surface area (Å²) in [5.41, 5.74) is 2.51. The quantitative estimate of drug-likeness (QED) is 0.363. The van der Waals surface area contributed by atoms with Gasteiger partial charge in [0.05, 0.1) is 21.6 Å². The van der Waals surface area contributed by atoms with Gasteiger partial charge in [-0.1, -0.05) is 49.3 Å². The van der Waals surface area contributed by atoms with Crippen molar-refractivity contribution < 1.29 is 0 Å². The largest absolute Gasteiger partial charge is 0.305 e. The highest BCUT2D eigenvalue weighted by atomic mass is 35.5. The Kier molecular flexibility index (Phi) is 4.93. The summed E-state index contributed by atoms with van der Waals surface area (Å²) in [5.74, 6) is 0.977. The van der Waals surface area contributed by atoms with Crippen LogP contribution in [0.3, 0.4) is 0 Å². The van der Waals surface area contributed by atoms with E-state index in [1.54, 1.807) is 4.57 Å². The van der Waals surface area contributed by atoms with Crippen LogP contribution >= 0.6 is 23.4 Å². The van der Waals surface area contributed by atoms with Crippen molar-refractivity contribution in [1.29, 1.82) is 0 Å². The Morgan fingerprint density at radius 2 is 1.93 bits per heavy atom. The highest BCUT2D eigenvalue weighted by Gasteiger charge is 2.13. The fourth-order valence-electron chi connectivity index (χ4n) is 3.01. The lowest BCUT2D eigenvalue weighted by Crippen LogP contribution is -2.25. The summed E-state index contributed by atoms with van der Waals surface area (Å²) in [6, 6.07) is 11.2. The molecular weight excluding hydrogens is 380 g/mol. The molecule has 0 aliphatic rings. The third kappa shape index (κ3) is 3.73. The van der Waals surface area contributed by atoms with Crippen molar-refractivity contribution in [2.24, 2.45) is 5.92 Å². The number of rotatable bonds is 5. The van der Waals surface area contributed by atoms with E-state index in [1.165, 1.54) is 11.8 Å². The molecule has 0 aliphatic heterocycles. The van der Waals surface area contributed by atoms with E-state index in [1.807, 2.05) is 53.2 Å². The van der Waals surface area contributed by atoms with Gasteiger partial charge in [0.2, 0.25) is 0 Å². The molecule has 0 bridgehead atoms. The van der Waals surface area contributed by atoms with Crippen molar-refractivity contribution in [3.8, 4) is 0 Å². The molecule has 7 heteroatoms. The molecule has 1 aromatic carbocycles. The average molecular weight is 399 g/mol. The fourth-order valence-corrected chi connectivity index (χ4v) is 4.07. The molecular formula is C20H19ClN4OS. The first-order valence-electron chi connectivity index (χ1n) is 8.77. The van der Waals surface area contributed by atoms with Crippen LogP contribution in [0.25, 0.3) is 16.6 Å². The molecule has 0 saturated heterocycles. The third-order valence-electron chi connectivity index (χ3n) is 4.19. The van der Waals surface area contributed by atoms with Crippen molar-refractivity contribution in [1.82, 2.24) is 18.9 Å². The van der Waals surface area contributed by atoms with Crippen LogP contribution in [0.15, 0.2) is 58.7 Å². The zero-order valence-electron chi connectivity index (χ0n) is 15.1. The van der Waals surface area contributed by atoms with Crippen molar-refractivity contribution >= 4 is 39.9 Å². The number of hydrogen-bond acceptors (Lipinski definition) is 4. The normalized spacial score (nSPS) is 11.7. The molecule has 4 aromatic rings. The van der Waals surface area contributed by atoms with Crippen LogP contribution in [0, 0.1) is 5.92 Å². The van der Waals surface area contributed by atoms with Gasteiger partial charge in [-0.25, -0.2) is 9.97 Å². The van der Waals surface area contributed by atoms with Crippen LogP contribution in [-0.2, 0) is 12.3 Å². The summed E-state index contributed by atoms with van der Waals surface area (Å²) < 4.78 is 3.69. The van der Waals surface area contributed by atoms with Gasteiger partial charge in [0.15, 0.2) is 5.16 Å². The van der Waals surface area contributed by atoms with E-state index >= 15 is 0 Å². The van der Waals surface area contributed by atoms with Crippen LogP contribution in [0.1, 0.15) is 19.5 Å². The Labute approximate surface area is 166 Å². The van der Waals surface area contributed by atoms with Gasteiger partial charge in [-0.3, -0.25) is 9.36 Å². The highest BCUT2D eigenvalue weighted by molar-refractivity contribution is 7.98. The Morgan fingerprint density at radius 1 is 1.11 bits per heavy atom. The second-order valence-corrected chi connectivity index (χ2v) is 8.23. The monoisotopic (exact) mass is 398 g/mol. The second-order valence-electron chi connectivity index (χ2n) is 6.85. The molecule has 0 amide bonds. The van der Waals surface area contributed by atoms with Crippen LogP contribution < -0.4 is 5.56 Å². The first-order valence-corrected chi connectivity index (χ1v) is 10.1. The van der Waals surface area contributed by atoms with Gasteiger partial charge in [-0.05, 0) is 30.2 Å². The van der Waals surface area contributed by atoms with E-state index < -0.39 is 0 Å². The average Bonchev–Trinajstić information content (AvgIpc) is 3.04. The third-order valence-corrected chi connectivity index (χ3v) is 5.42. The van der Waals surface area contributed by atoms with Crippen LogP contribution in [-0.4, -0.2) is 18.9 Å². The van der Waals surface area contributed by atoms with Crippen molar-refractivity contribution in [3.05, 3.63) is 69.9 Å². The van der Waals surface area contributed by atoms with Gasteiger partial charge in [0.1, 0.15) is 5.65 Å². The number of thioether (sulfide) groups is 1. The minimum atomic E-state index is 0.0126. The molecule has 138 valence electrons. The summed E-state index contributed by atoms with van der Waals surface area (Å²) >= 11 is 7.57. The summed E-state index contributed by atoms with van der Waals surface area (Å²) in [5, 5.41) is 2.05. The minimum Gasteiger partial charge on any atom is -0.305 e. The van der Waals surface area contributed by atoms with Crippen molar-refractivity contribution in [2.75, 3.05) is 0 Å². The topological polar surface area (TPSA) is 52.2 Å². The highest BCUT2D eigenvalue weighted by Crippen LogP contribution is 2.23. The maximum Gasteiger partial charge on any atom is 0.262 e. The van der Waals surface area contributed by atoms with E-state index in [2.05, 4.69) is 18.8 Å². The Bertz CT molecular complexity index is 1180. The van der Waals surface area contributed by atoms with Gasteiger partial charge < -0.3 is 4.40 Å². The lowest BCUT2D eigenvalue weighted by Gasteiger charge is -2.14. The predicted molar refractivity (Wildman–Crippen MR) is 111 cm³/mol. The summed E-state index contributed by atoms with van der Waals surface area (Å²) in [4.78, 5) is 22.3. The van der Waals surface area contributed by atoms with Gasteiger partial charge in [0.25, 0.3) is 5.56 Å². The molecule has 0 atom stereocenters.